The summed E-state index contributed by atoms with van der Waals surface area (Å²) in [6, 6.07) is 5.90. The molecule has 1 aromatic carbocycles. The first-order valence-electron chi connectivity index (χ1n) is 7.88. The molecule has 0 saturated heterocycles. The quantitative estimate of drug-likeness (QED) is 0.892. The highest BCUT2D eigenvalue weighted by Gasteiger charge is 2.31. The number of aliphatic hydroxyl groups excluding tert-OH is 2. The molecule has 2 N–H and O–H groups in total. The van der Waals surface area contributed by atoms with E-state index in [0.717, 1.165) is 55.4 Å². The number of hydrogen-bond acceptors (Lipinski definition) is 3. The second kappa shape index (κ2) is 6.15. The Balaban J connectivity index is 1.80. The predicted octanol–water partition coefficient (Wildman–Crippen LogP) is 2.99. The van der Waals surface area contributed by atoms with Gasteiger partial charge in [0.05, 0.1) is 12.7 Å². The van der Waals surface area contributed by atoms with Crippen molar-refractivity contribution in [2.45, 2.75) is 57.2 Å². The molecule has 0 spiro atoms. The summed E-state index contributed by atoms with van der Waals surface area (Å²) in [4.78, 5) is 0. The Morgan fingerprint density at radius 1 is 1.05 bits per heavy atom. The first-order valence-corrected chi connectivity index (χ1v) is 7.88. The maximum atomic E-state index is 10.6. The Hall–Kier alpha value is -1.06. The van der Waals surface area contributed by atoms with Gasteiger partial charge in [-0.3, -0.25) is 0 Å². The molecular formula is C17H24O3. The Morgan fingerprint density at radius 2 is 1.85 bits per heavy atom. The molecule has 0 radical (unpaired) electrons. The lowest BCUT2D eigenvalue weighted by molar-refractivity contribution is -0.0298. The standard InChI is InChI=1S/C17H24O3/c18-15(12-6-2-1-3-7-12)16(19)14-10-4-8-13-9-5-11-20-17(13)14/h4,8,10,12,15-16,18-19H,1-3,5-7,9,11H2. The Kier molecular flexibility index (Phi) is 4.27. The van der Waals surface area contributed by atoms with Crippen molar-refractivity contribution in [3.05, 3.63) is 29.3 Å². The van der Waals surface area contributed by atoms with Crippen molar-refractivity contribution >= 4 is 0 Å². The fraction of sp³-hybridized carbons (Fsp3) is 0.647. The van der Waals surface area contributed by atoms with Gasteiger partial charge in [-0.15, -0.1) is 0 Å². The average molecular weight is 276 g/mol. The fourth-order valence-corrected chi connectivity index (χ4v) is 3.56. The molecule has 110 valence electrons. The fourth-order valence-electron chi connectivity index (χ4n) is 3.56. The molecule has 1 aliphatic heterocycles. The van der Waals surface area contributed by atoms with Crippen LogP contribution in [0.25, 0.3) is 0 Å². The van der Waals surface area contributed by atoms with Crippen molar-refractivity contribution in [1.29, 1.82) is 0 Å². The molecule has 2 aliphatic rings. The lowest BCUT2D eigenvalue weighted by atomic mass is 9.81. The smallest absolute Gasteiger partial charge is 0.128 e. The van der Waals surface area contributed by atoms with Crippen LogP contribution in [0.5, 0.6) is 5.75 Å². The monoisotopic (exact) mass is 276 g/mol. The third-order valence-corrected chi connectivity index (χ3v) is 4.74. The van der Waals surface area contributed by atoms with Crippen LogP contribution >= 0.6 is 0 Å². The van der Waals surface area contributed by atoms with Crippen LogP contribution in [0.1, 0.15) is 55.8 Å². The van der Waals surface area contributed by atoms with Crippen molar-refractivity contribution in [2.24, 2.45) is 5.92 Å². The minimum atomic E-state index is -0.828. The van der Waals surface area contributed by atoms with Gasteiger partial charge in [0.25, 0.3) is 0 Å². The van der Waals surface area contributed by atoms with E-state index in [-0.39, 0.29) is 5.92 Å². The molecule has 0 amide bonds. The van der Waals surface area contributed by atoms with Gasteiger partial charge < -0.3 is 14.9 Å². The van der Waals surface area contributed by atoms with Gasteiger partial charge in [-0.2, -0.15) is 0 Å². The van der Waals surface area contributed by atoms with Crippen LogP contribution in [0.15, 0.2) is 18.2 Å². The molecule has 1 heterocycles. The van der Waals surface area contributed by atoms with E-state index >= 15 is 0 Å². The molecule has 3 rings (SSSR count). The van der Waals surface area contributed by atoms with Gasteiger partial charge in [-0.05, 0) is 37.2 Å². The van der Waals surface area contributed by atoms with Crippen LogP contribution in [-0.4, -0.2) is 22.9 Å². The number of benzene rings is 1. The highest BCUT2D eigenvalue weighted by molar-refractivity contribution is 5.44. The average Bonchev–Trinajstić information content (AvgIpc) is 2.54. The van der Waals surface area contributed by atoms with Crippen LogP contribution in [-0.2, 0) is 6.42 Å². The maximum absolute atomic E-state index is 10.6. The Bertz CT molecular complexity index is 452. The molecule has 2 unspecified atom stereocenters. The van der Waals surface area contributed by atoms with E-state index in [1.807, 2.05) is 12.1 Å². The zero-order valence-corrected chi connectivity index (χ0v) is 11.9. The number of aliphatic hydroxyl groups is 2. The number of fused-ring (bicyclic) bond motifs is 1. The SMILES string of the molecule is OC(c1cccc2c1OCCC2)C(O)C1CCCCC1. The van der Waals surface area contributed by atoms with Gasteiger partial charge in [0, 0.05) is 5.56 Å². The van der Waals surface area contributed by atoms with Gasteiger partial charge in [0.1, 0.15) is 11.9 Å². The zero-order valence-electron chi connectivity index (χ0n) is 11.9. The van der Waals surface area contributed by atoms with Crippen molar-refractivity contribution in [3.8, 4) is 5.75 Å². The molecule has 1 aliphatic carbocycles. The summed E-state index contributed by atoms with van der Waals surface area (Å²) in [6.07, 6.45) is 6.15. The first-order chi connectivity index (χ1) is 9.77. The Labute approximate surface area is 120 Å². The second-order valence-corrected chi connectivity index (χ2v) is 6.12. The summed E-state index contributed by atoms with van der Waals surface area (Å²) < 4.78 is 5.74. The molecular weight excluding hydrogens is 252 g/mol. The highest BCUT2D eigenvalue weighted by Crippen LogP contribution is 2.38. The van der Waals surface area contributed by atoms with Crippen LogP contribution in [0.2, 0.25) is 0 Å². The van der Waals surface area contributed by atoms with E-state index < -0.39 is 12.2 Å². The third-order valence-electron chi connectivity index (χ3n) is 4.74. The van der Waals surface area contributed by atoms with Crippen molar-refractivity contribution in [1.82, 2.24) is 0 Å². The summed E-state index contributed by atoms with van der Waals surface area (Å²) in [6.45, 7) is 0.705. The van der Waals surface area contributed by atoms with Crippen molar-refractivity contribution in [3.63, 3.8) is 0 Å². The molecule has 0 aromatic heterocycles. The van der Waals surface area contributed by atoms with E-state index in [1.165, 1.54) is 6.42 Å². The van der Waals surface area contributed by atoms with Crippen molar-refractivity contribution < 1.29 is 14.9 Å². The number of hydrogen-bond donors (Lipinski definition) is 2. The topological polar surface area (TPSA) is 49.7 Å². The largest absolute Gasteiger partial charge is 0.493 e. The number of para-hydroxylation sites is 1. The number of rotatable bonds is 3. The van der Waals surface area contributed by atoms with E-state index in [1.54, 1.807) is 0 Å². The van der Waals surface area contributed by atoms with Gasteiger partial charge in [-0.25, -0.2) is 0 Å². The molecule has 0 bridgehead atoms. The zero-order chi connectivity index (χ0) is 13.9. The summed E-state index contributed by atoms with van der Waals surface area (Å²) >= 11 is 0. The summed E-state index contributed by atoms with van der Waals surface area (Å²) in [5, 5.41) is 21.1. The van der Waals surface area contributed by atoms with Gasteiger partial charge in [0.15, 0.2) is 0 Å². The molecule has 1 saturated carbocycles. The predicted molar refractivity (Wildman–Crippen MR) is 77.8 cm³/mol. The first kappa shape index (κ1) is 13.9. The number of ether oxygens (including phenoxy) is 1. The Morgan fingerprint density at radius 3 is 2.65 bits per heavy atom. The van der Waals surface area contributed by atoms with Crippen LogP contribution in [0, 0.1) is 5.92 Å². The van der Waals surface area contributed by atoms with Gasteiger partial charge >= 0.3 is 0 Å². The summed E-state index contributed by atoms with van der Waals surface area (Å²) in [5.41, 5.74) is 1.92. The summed E-state index contributed by atoms with van der Waals surface area (Å²) in [5.74, 6) is 1.03. The normalized spacial score (nSPS) is 22.7. The van der Waals surface area contributed by atoms with Gasteiger partial charge in [0.2, 0.25) is 0 Å². The van der Waals surface area contributed by atoms with E-state index in [0.29, 0.717) is 6.61 Å². The van der Waals surface area contributed by atoms with Crippen molar-refractivity contribution in [2.75, 3.05) is 6.61 Å². The highest BCUT2D eigenvalue weighted by atomic mass is 16.5. The number of aryl methyl sites for hydroxylation is 1. The third kappa shape index (κ3) is 2.70. The van der Waals surface area contributed by atoms with E-state index in [4.69, 9.17) is 4.74 Å². The molecule has 2 atom stereocenters. The van der Waals surface area contributed by atoms with Gasteiger partial charge in [-0.1, -0.05) is 37.5 Å². The lowest BCUT2D eigenvalue weighted by Crippen LogP contribution is -2.30. The van der Waals surface area contributed by atoms with Crippen LogP contribution in [0.4, 0.5) is 0 Å². The van der Waals surface area contributed by atoms with E-state index in [9.17, 15) is 10.2 Å². The van der Waals surface area contributed by atoms with Crippen LogP contribution in [0.3, 0.4) is 0 Å². The maximum Gasteiger partial charge on any atom is 0.128 e. The molecule has 1 fully saturated rings. The second-order valence-electron chi connectivity index (χ2n) is 6.12. The summed E-state index contributed by atoms with van der Waals surface area (Å²) in [7, 11) is 0. The molecule has 1 aromatic rings. The minimum Gasteiger partial charge on any atom is -0.493 e. The molecule has 3 nitrogen and oxygen atoms in total. The molecule has 20 heavy (non-hydrogen) atoms. The van der Waals surface area contributed by atoms with Crippen LogP contribution < -0.4 is 4.74 Å². The van der Waals surface area contributed by atoms with E-state index in [2.05, 4.69) is 6.07 Å². The molecule has 3 heteroatoms. The lowest BCUT2D eigenvalue weighted by Gasteiger charge is -2.31. The minimum absolute atomic E-state index is 0.221.